The molecule has 0 amide bonds. The van der Waals surface area contributed by atoms with E-state index in [9.17, 15) is 0 Å². The van der Waals surface area contributed by atoms with E-state index in [2.05, 4.69) is 32.0 Å². The minimum Gasteiger partial charge on any atom is -0.377 e. The van der Waals surface area contributed by atoms with Gasteiger partial charge in [-0.05, 0) is 13.3 Å². The van der Waals surface area contributed by atoms with Crippen LogP contribution in [-0.4, -0.2) is 21.3 Å². The summed E-state index contributed by atoms with van der Waals surface area (Å²) >= 11 is 0. The minimum absolute atomic E-state index is 0.704. The molecule has 0 saturated carbocycles. The lowest BCUT2D eigenvalue weighted by Crippen LogP contribution is -2.22. The predicted octanol–water partition coefficient (Wildman–Crippen LogP) is 3.40. The van der Waals surface area contributed by atoms with Crippen molar-refractivity contribution in [2.45, 2.75) is 32.5 Å². The minimum atomic E-state index is -1.09. The van der Waals surface area contributed by atoms with Gasteiger partial charge in [0, 0.05) is 6.61 Å². The molecule has 0 bridgehead atoms. The van der Waals surface area contributed by atoms with Crippen molar-refractivity contribution in [1.29, 1.82) is 0 Å². The molecule has 0 aliphatic carbocycles. The van der Waals surface area contributed by atoms with E-state index in [0.717, 1.165) is 18.6 Å². The van der Waals surface area contributed by atoms with Gasteiger partial charge in [-0.15, -0.1) is 12.3 Å². The molecular weight excluding hydrogens is 176 g/mol. The van der Waals surface area contributed by atoms with Crippen molar-refractivity contribution in [2.75, 3.05) is 13.2 Å². The van der Waals surface area contributed by atoms with Crippen molar-refractivity contribution >= 4 is 8.07 Å². The van der Waals surface area contributed by atoms with Gasteiger partial charge in [-0.3, -0.25) is 0 Å². The second kappa shape index (κ2) is 6.16. The van der Waals surface area contributed by atoms with Crippen LogP contribution in [0, 0.1) is 0 Å². The summed E-state index contributed by atoms with van der Waals surface area (Å²) in [6.07, 6.45) is 1.15. The van der Waals surface area contributed by atoms with E-state index < -0.39 is 8.07 Å². The van der Waals surface area contributed by atoms with Gasteiger partial charge < -0.3 is 4.74 Å². The first kappa shape index (κ1) is 12.7. The quantitative estimate of drug-likeness (QED) is 0.346. The molecule has 0 aromatic rings. The molecule has 0 aromatic carbocycles. The van der Waals surface area contributed by atoms with Crippen molar-refractivity contribution in [3.05, 3.63) is 24.4 Å². The third-order valence-corrected chi connectivity index (χ3v) is 4.76. The highest BCUT2D eigenvalue weighted by molar-refractivity contribution is 6.82. The molecule has 0 N–H and O–H groups in total. The lowest BCUT2D eigenvalue weighted by Gasteiger charge is -2.16. The zero-order valence-electron chi connectivity index (χ0n) is 9.23. The predicted molar refractivity (Wildman–Crippen MR) is 62.7 cm³/mol. The van der Waals surface area contributed by atoms with E-state index in [0.29, 0.717) is 6.61 Å². The van der Waals surface area contributed by atoms with Crippen LogP contribution in [-0.2, 0) is 4.74 Å². The van der Waals surface area contributed by atoms with E-state index in [1.54, 1.807) is 0 Å². The molecule has 2 heteroatoms. The molecule has 0 aliphatic heterocycles. The molecule has 0 heterocycles. The van der Waals surface area contributed by atoms with Gasteiger partial charge in [-0.25, -0.2) is 0 Å². The third-order valence-electron chi connectivity index (χ3n) is 2.01. The average Bonchev–Trinajstić information content (AvgIpc) is 2.03. The Hall–Kier alpha value is -0.343. The third kappa shape index (κ3) is 8.00. The fraction of sp³-hybridized carbons (Fsp3) is 0.636. The van der Waals surface area contributed by atoms with Crippen LogP contribution in [0.3, 0.4) is 0 Å². The monoisotopic (exact) mass is 198 g/mol. The zero-order valence-corrected chi connectivity index (χ0v) is 10.2. The summed E-state index contributed by atoms with van der Waals surface area (Å²) in [6.45, 7) is 15.9. The SMILES string of the molecule is C=C[Si](C)(C)CCCOCC(=C)C. The Morgan fingerprint density at radius 1 is 1.46 bits per heavy atom. The summed E-state index contributed by atoms with van der Waals surface area (Å²) in [5.74, 6) is 0. The lowest BCUT2D eigenvalue weighted by molar-refractivity contribution is 0.157. The van der Waals surface area contributed by atoms with Crippen molar-refractivity contribution in [3.63, 3.8) is 0 Å². The maximum Gasteiger partial charge on any atom is 0.0710 e. The Kier molecular flexibility index (Phi) is 6.00. The normalized spacial score (nSPS) is 11.3. The lowest BCUT2D eigenvalue weighted by atomic mass is 10.4. The number of rotatable bonds is 7. The molecular formula is C11H22OSi. The first-order valence-electron chi connectivity index (χ1n) is 4.83. The van der Waals surface area contributed by atoms with Gasteiger partial charge in [-0.1, -0.05) is 31.3 Å². The molecule has 1 nitrogen and oxygen atoms in total. The summed E-state index contributed by atoms with van der Waals surface area (Å²) in [4.78, 5) is 0. The molecule has 0 radical (unpaired) electrons. The summed E-state index contributed by atoms with van der Waals surface area (Å²) in [7, 11) is -1.09. The van der Waals surface area contributed by atoms with Gasteiger partial charge in [0.15, 0.2) is 0 Å². The number of hydrogen-bond donors (Lipinski definition) is 0. The Labute approximate surface area is 83.5 Å². The molecule has 0 fully saturated rings. The fourth-order valence-corrected chi connectivity index (χ4v) is 2.24. The second-order valence-corrected chi connectivity index (χ2v) is 9.19. The van der Waals surface area contributed by atoms with Crippen molar-refractivity contribution in [1.82, 2.24) is 0 Å². The molecule has 0 atom stereocenters. The molecule has 0 rings (SSSR count). The smallest absolute Gasteiger partial charge is 0.0710 e. The average molecular weight is 198 g/mol. The Bertz CT molecular complexity index is 173. The summed E-state index contributed by atoms with van der Waals surface area (Å²) in [6, 6.07) is 1.27. The molecule has 0 aliphatic rings. The van der Waals surface area contributed by atoms with E-state index >= 15 is 0 Å². The van der Waals surface area contributed by atoms with Crippen molar-refractivity contribution in [3.8, 4) is 0 Å². The molecule has 0 saturated heterocycles. The van der Waals surface area contributed by atoms with E-state index in [1.807, 2.05) is 6.92 Å². The van der Waals surface area contributed by atoms with Crippen LogP contribution < -0.4 is 0 Å². The topological polar surface area (TPSA) is 9.23 Å². The summed E-state index contributed by atoms with van der Waals surface area (Å²) in [5, 5.41) is 0. The second-order valence-electron chi connectivity index (χ2n) is 4.31. The zero-order chi connectivity index (χ0) is 10.3. The highest BCUT2D eigenvalue weighted by Crippen LogP contribution is 2.12. The maximum atomic E-state index is 5.42. The van der Waals surface area contributed by atoms with Crippen molar-refractivity contribution in [2.24, 2.45) is 0 Å². The Morgan fingerprint density at radius 2 is 2.08 bits per heavy atom. The van der Waals surface area contributed by atoms with E-state index in [1.165, 1.54) is 6.04 Å². The van der Waals surface area contributed by atoms with Crippen LogP contribution in [0.25, 0.3) is 0 Å². The van der Waals surface area contributed by atoms with Crippen LogP contribution in [0.1, 0.15) is 13.3 Å². The standard InChI is InChI=1S/C11H22OSi/c1-6-13(4,5)9-7-8-12-10-11(2)3/h6H,1-2,7-10H2,3-5H3. The molecule has 0 unspecified atom stereocenters. The van der Waals surface area contributed by atoms with Gasteiger partial charge in [0.1, 0.15) is 0 Å². The van der Waals surface area contributed by atoms with Gasteiger partial charge in [-0.2, -0.15) is 0 Å². The summed E-state index contributed by atoms with van der Waals surface area (Å²) < 4.78 is 5.42. The van der Waals surface area contributed by atoms with Crippen LogP contribution in [0.4, 0.5) is 0 Å². The maximum absolute atomic E-state index is 5.42. The van der Waals surface area contributed by atoms with Crippen LogP contribution in [0.15, 0.2) is 24.4 Å². The first-order valence-corrected chi connectivity index (χ1v) is 8.12. The van der Waals surface area contributed by atoms with Crippen molar-refractivity contribution < 1.29 is 4.74 Å². The number of hydrogen-bond acceptors (Lipinski definition) is 1. The molecule has 0 aromatic heterocycles. The van der Waals surface area contributed by atoms with Gasteiger partial charge in [0.25, 0.3) is 0 Å². The van der Waals surface area contributed by atoms with Crippen LogP contribution in [0.2, 0.25) is 19.1 Å². The summed E-state index contributed by atoms with van der Waals surface area (Å²) in [5.41, 5.74) is 3.24. The van der Waals surface area contributed by atoms with E-state index in [-0.39, 0.29) is 0 Å². The molecule has 76 valence electrons. The van der Waals surface area contributed by atoms with Crippen LogP contribution in [0.5, 0.6) is 0 Å². The first-order chi connectivity index (χ1) is 5.98. The van der Waals surface area contributed by atoms with Gasteiger partial charge in [0.05, 0.1) is 14.7 Å². The largest absolute Gasteiger partial charge is 0.377 e. The Morgan fingerprint density at radius 3 is 2.54 bits per heavy atom. The fourth-order valence-electron chi connectivity index (χ4n) is 0.978. The Balaban J connectivity index is 3.35. The van der Waals surface area contributed by atoms with Gasteiger partial charge in [0.2, 0.25) is 0 Å². The molecule has 13 heavy (non-hydrogen) atoms. The van der Waals surface area contributed by atoms with Gasteiger partial charge >= 0.3 is 0 Å². The van der Waals surface area contributed by atoms with E-state index in [4.69, 9.17) is 4.74 Å². The number of ether oxygens (including phenoxy) is 1. The highest BCUT2D eigenvalue weighted by atomic mass is 28.3. The molecule has 0 spiro atoms. The highest BCUT2D eigenvalue weighted by Gasteiger charge is 2.14. The van der Waals surface area contributed by atoms with Crippen LogP contribution >= 0.6 is 0 Å².